The summed E-state index contributed by atoms with van der Waals surface area (Å²) in [6.45, 7) is 29.1. The van der Waals surface area contributed by atoms with E-state index < -0.39 is 8.32 Å². The van der Waals surface area contributed by atoms with Crippen LogP contribution in [0.15, 0.2) is 0 Å². The molecule has 0 radical (unpaired) electrons. The lowest BCUT2D eigenvalue weighted by Gasteiger charge is -2.49. The molecule has 31 heavy (non-hydrogen) atoms. The molecule has 0 N–H and O–H groups in total. The molecule has 0 spiro atoms. The lowest BCUT2D eigenvalue weighted by atomic mass is 9.81. The summed E-state index contributed by atoms with van der Waals surface area (Å²) in [5.41, 5.74) is 1.74. The lowest BCUT2D eigenvalue weighted by Crippen LogP contribution is -2.55. The molecule has 5 heteroatoms. The molecular weight excluding hydrogens is 404 g/mol. The van der Waals surface area contributed by atoms with Crippen LogP contribution in [0, 0.1) is 29.6 Å². The van der Waals surface area contributed by atoms with Crippen LogP contribution in [0.5, 0.6) is 0 Å². The van der Waals surface area contributed by atoms with Gasteiger partial charge in [-0.2, -0.15) is 0 Å². The number of ether oxygens (including phenoxy) is 3. The fourth-order valence-electron chi connectivity index (χ4n) is 6.28. The number of rotatable bonds is 8. The van der Waals surface area contributed by atoms with E-state index in [0.717, 1.165) is 6.61 Å². The van der Waals surface area contributed by atoms with E-state index in [1.54, 1.807) is 0 Å². The maximum absolute atomic E-state index is 6.93. The predicted octanol–water partition coefficient (Wildman–Crippen LogP) is 6.89. The first-order valence-corrected chi connectivity index (χ1v) is 15.0. The van der Waals surface area contributed by atoms with Crippen LogP contribution in [0.25, 0.3) is 0 Å². The van der Waals surface area contributed by atoms with E-state index in [4.69, 9.17) is 18.6 Å². The summed E-state index contributed by atoms with van der Waals surface area (Å²) in [6, 6.07) is 0. The molecule has 2 aliphatic rings. The van der Waals surface area contributed by atoms with Gasteiger partial charge in [-0.1, -0.05) is 76.2 Å². The Labute approximate surface area is 194 Å². The summed E-state index contributed by atoms with van der Waals surface area (Å²) < 4.78 is 26.3. The highest BCUT2D eigenvalue weighted by atomic mass is 28.4. The summed E-state index contributed by atoms with van der Waals surface area (Å²) in [7, 11) is -1.92. The van der Waals surface area contributed by atoms with E-state index in [0.29, 0.717) is 46.9 Å². The van der Waals surface area contributed by atoms with Gasteiger partial charge < -0.3 is 18.6 Å². The molecule has 2 fully saturated rings. The highest BCUT2D eigenvalue weighted by Crippen LogP contribution is 2.43. The maximum Gasteiger partial charge on any atom is 0.200 e. The zero-order chi connectivity index (χ0) is 23.7. The van der Waals surface area contributed by atoms with Crippen molar-refractivity contribution in [1.29, 1.82) is 0 Å². The van der Waals surface area contributed by atoms with Crippen LogP contribution in [0.4, 0.5) is 0 Å². The van der Waals surface area contributed by atoms with Gasteiger partial charge in [-0.25, -0.2) is 0 Å². The third-order valence-corrected chi connectivity index (χ3v) is 15.0. The van der Waals surface area contributed by atoms with Crippen molar-refractivity contribution >= 4 is 8.32 Å². The topological polar surface area (TPSA) is 36.9 Å². The van der Waals surface area contributed by atoms with Gasteiger partial charge in [-0.05, 0) is 35.4 Å². The van der Waals surface area contributed by atoms with Gasteiger partial charge in [0.05, 0.1) is 31.5 Å². The van der Waals surface area contributed by atoms with Gasteiger partial charge in [-0.3, -0.25) is 0 Å². The molecule has 9 atom stereocenters. The molecule has 2 saturated heterocycles. The quantitative estimate of drug-likeness (QED) is 0.373. The lowest BCUT2D eigenvalue weighted by molar-refractivity contribution is -0.278. The van der Waals surface area contributed by atoms with Crippen LogP contribution < -0.4 is 0 Å². The molecule has 2 aliphatic heterocycles. The predicted molar refractivity (Wildman–Crippen MR) is 132 cm³/mol. The zero-order valence-electron chi connectivity index (χ0n) is 22.5. The minimum Gasteiger partial charge on any atom is -0.413 e. The SMILES string of the molecule is CC1[C@@H](O[C@@H]2C(C)[C@H](C)OC(CO[Si](C(C)C)(C(C)C)C(C)C)[C@H]2C)OC[C@@H](C)[C@@H]1C. The van der Waals surface area contributed by atoms with Crippen LogP contribution >= 0.6 is 0 Å². The Hall–Kier alpha value is 0.0569. The molecule has 0 aromatic carbocycles. The second-order valence-electron chi connectivity index (χ2n) is 11.7. The molecular formula is C26H52O4Si. The Morgan fingerprint density at radius 3 is 1.84 bits per heavy atom. The van der Waals surface area contributed by atoms with Crippen molar-refractivity contribution < 1.29 is 18.6 Å². The standard InChI is InChI=1S/C26H52O4Si/c1-15(2)31(16(3)4,17(5)6)28-14-24-22(11)25(21(10)23(12)29-24)30-26-20(9)19(8)18(7)13-27-26/h15-26H,13-14H2,1-12H3/t18-,19+,20?,21?,22-,23+,24?,25-,26-/m1/s1. The van der Waals surface area contributed by atoms with Crippen molar-refractivity contribution in [2.45, 2.75) is 124 Å². The van der Waals surface area contributed by atoms with Crippen LogP contribution in [0.3, 0.4) is 0 Å². The Morgan fingerprint density at radius 1 is 0.774 bits per heavy atom. The van der Waals surface area contributed by atoms with Crippen molar-refractivity contribution in [2.75, 3.05) is 13.2 Å². The van der Waals surface area contributed by atoms with E-state index in [-0.39, 0.29) is 30.5 Å². The van der Waals surface area contributed by atoms with Gasteiger partial charge in [0.1, 0.15) is 0 Å². The summed E-state index contributed by atoms with van der Waals surface area (Å²) in [4.78, 5) is 0. The van der Waals surface area contributed by atoms with Crippen molar-refractivity contribution in [3.63, 3.8) is 0 Å². The summed E-state index contributed by atoms with van der Waals surface area (Å²) in [6.07, 6.45) is 0.217. The minimum atomic E-state index is -1.92. The molecule has 4 nitrogen and oxygen atoms in total. The molecule has 0 aliphatic carbocycles. The Kier molecular flexibility index (Phi) is 9.68. The summed E-state index contributed by atoms with van der Waals surface area (Å²) in [5.74, 6) is 2.20. The molecule has 0 aromatic rings. The van der Waals surface area contributed by atoms with Crippen LogP contribution in [-0.2, 0) is 18.6 Å². The van der Waals surface area contributed by atoms with Crippen LogP contribution in [0.1, 0.15) is 83.1 Å². The Morgan fingerprint density at radius 2 is 1.32 bits per heavy atom. The first-order valence-electron chi connectivity index (χ1n) is 12.9. The molecule has 2 heterocycles. The normalized spacial score (nSPS) is 40.2. The molecule has 3 unspecified atom stereocenters. The van der Waals surface area contributed by atoms with Gasteiger partial charge >= 0.3 is 0 Å². The second-order valence-corrected chi connectivity index (χ2v) is 17.2. The summed E-state index contributed by atoms with van der Waals surface area (Å²) in [5, 5.41) is 0. The second kappa shape index (κ2) is 11.0. The highest BCUT2D eigenvalue weighted by molar-refractivity contribution is 6.77. The van der Waals surface area contributed by atoms with Gasteiger partial charge in [0.15, 0.2) is 14.6 Å². The smallest absolute Gasteiger partial charge is 0.200 e. The molecule has 0 saturated carbocycles. The monoisotopic (exact) mass is 456 g/mol. The average Bonchev–Trinajstić information content (AvgIpc) is 2.68. The van der Waals surface area contributed by atoms with E-state index in [1.807, 2.05) is 0 Å². The van der Waals surface area contributed by atoms with Gasteiger partial charge in [-0.15, -0.1) is 0 Å². The molecule has 0 bridgehead atoms. The Bertz CT molecular complexity index is 530. The van der Waals surface area contributed by atoms with Gasteiger partial charge in [0.2, 0.25) is 0 Å². The van der Waals surface area contributed by atoms with E-state index >= 15 is 0 Å². The molecule has 2 rings (SSSR count). The molecule has 0 aromatic heterocycles. The number of hydrogen-bond acceptors (Lipinski definition) is 4. The van der Waals surface area contributed by atoms with Gasteiger partial charge in [0, 0.05) is 17.8 Å². The van der Waals surface area contributed by atoms with Crippen molar-refractivity contribution in [3.8, 4) is 0 Å². The van der Waals surface area contributed by atoms with Gasteiger partial charge in [0.25, 0.3) is 0 Å². The zero-order valence-corrected chi connectivity index (χ0v) is 23.5. The van der Waals surface area contributed by atoms with E-state index in [2.05, 4.69) is 83.1 Å². The Balaban J connectivity index is 2.14. The highest BCUT2D eigenvalue weighted by Gasteiger charge is 2.48. The van der Waals surface area contributed by atoms with E-state index in [9.17, 15) is 0 Å². The average molecular weight is 457 g/mol. The third kappa shape index (κ3) is 5.59. The van der Waals surface area contributed by atoms with Crippen molar-refractivity contribution in [1.82, 2.24) is 0 Å². The first kappa shape index (κ1) is 27.3. The first-order chi connectivity index (χ1) is 14.3. The minimum absolute atomic E-state index is 0.0644. The molecule has 0 amide bonds. The number of hydrogen-bond donors (Lipinski definition) is 0. The largest absolute Gasteiger partial charge is 0.413 e. The van der Waals surface area contributed by atoms with Crippen molar-refractivity contribution in [3.05, 3.63) is 0 Å². The fourth-order valence-corrected chi connectivity index (χ4v) is 11.7. The van der Waals surface area contributed by atoms with Crippen LogP contribution in [-0.4, -0.2) is 46.1 Å². The van der Waals surface area contributed by atoms with Crippen LogP contribution in [0.2, 0.25) is 16.6 Å². The third-order valence-electron chi connectivity index (χ3n) is 8.93. The molecule has 184 valence electrons. The van der Waals surface area contributed by atoms with Crippen molar-refractivity contribution in [2.24, 2.45) is 29.6 Å². The van der Waals surface area contributed by atoms with E-state index in [1.165, 1.54) is 0 Å². The maximum atomic E-state index is 6.93. The summed E-state index contributed by atoms with van der Waals surface area (Å²) >= 11 is 0. The fraction of sp³-hybridized carbons (Fsp3) is 1.00.